The van der Waals surface area contributed by atoms with Crippen molar-refractivity contribution in [2.45, 2.75) is 6.54 Å². The van der Waals surface area contributed by atoms with Crippen LogP contribution in [0.25, 0.3) is 0 Å². The number of carbonyl (C=O) groups excluding carboxylic acids is 1. The van der Waals surface area contributed by atoms with Crippen LogP contribution in [-0.2, 0) is 11.3 Å². The van der Waals surface area contributed by atoms with Crippen LogP contribution < -0.4 is 10.2 Å². The van der Waals surface area contributed by atoms with E-state index in [1.54, 1.807) is 6.21 Å². The SMILES string of the molecule is O=C(CN1CCN(Cc2ccccc2)CC1)N/N=C/c1cccc(Oc2ccccc2)c1. The van der Waals surface area contributed by atoms with Gasteiger partial charge in [0.2, 0.25) is 0 Å². The number of nitrogens with zero attached hydrogens (tertiary/aromatic N) is 3. The molecule has 4 rings (SSSR count). The van der Waals surface area contributed by atoms with Crippen molar-refractivity contribution in [3.8, 4) is 11.5 Å². The van der Waals surface area contributed by atoms with Gasteiger partial charge in [0.05, 0.1) is 12.8 Å². The van der Waals surface area contributed by atoms with E-state index in [1.165, 1.54) is 5.56 Å². The number of nitrogens with one attached hydrogen (secondary N) is 1. The molecule has 0 saturated carbocycles. The third-order valence-electron chi connectivity index (χ3n) is 5.32. The molecule has 0 aromatic heterocycles. The molecule has 1 N–H and O–H groups in total. The van der Waals surface area contributed by atoms with Gasteiger partial charge < -0.3 is 4.74 Å². The molecule has 0 aliphatic carbocycles. The molecular weight excluding hydrogens is 400 g/mol. The summed E-state index contributed by atoms with van der Waals surface area (Å²) in [6, 6.07) is 27.7. The minimum atomic E-state index is -0.102. The van der Waals surface area contributed by atoms with E-state index in [0.29, 0.717) is 6.54 Å². The Labute approximate surface area is 189 Å². The summed E-state index contributed by atoms with van der Waals surface area (Å²) in [7, 11) is 0. The largest absolute Gasteiger partial charge is 0.457 e. The fourth-order valence-corrected chi connectivity index (χ4v) is 3.65. The Bertz CT molecular complexity index is 1020. The molecule has 32 heavy (non-hydrogen) atoms. The minimum Gasteiger partial charge on any atom is -0.457 e. The maximum atomic E-state index is 12.3. The van der Waals surface area contributed by atoms with Gasteiger partial charge in [0.25, 0.3) is 5.91 Å². The van der Waals surface area contributed by atoms with Crippen molar-refractivity contribution in [1.82, 2.24) is 15.2 Å². The van der Waals surface area contributed by atoms with Gasteiger partial charge in [-0.15, -0.1) is 0 Å². The average molecular weight is 429 g/mol. The van der Waals surface area contributed by atoms with E-state index in [-0.39, 0.29) is 5.91 Å². The van der Waals surface area contributed by atoms with Crippen LogP contribution in [-0.4, -0.2) is 54.6 Å². The molecule has 1 heterocycles. The lowest BCUT2D eigenvalue weighted by molar-refractivity contribution is -0.122. The molecule has 3 aromatic rings. The van der Waals surface area contributed by atoms with Crippen molar-refractivity contribution in [3.63, 3.8) is 0 Å². The predicted octanol–water partition coefficient (Wildman–Crippen LogP) is 3.75. The number of benzene rings is 3. The highest BCUT2D eigenvalue weighted by atomic mass is 16.5. The van der Waals surface area contributed by atoms with Crippen molar-refractivity contribution in [2.24, 2.45) is 5.10 Å². The third-order valence-corrected chi connectivity index (χ3v) is 5.32. The Morgan fingerprint density at radius 2 is 1.50 bits per heavy atom. The highest BCUT2D eigenvalue weighted by Gasteiger charge is 2.18. The topological polar surface area (TPSA) is 57.2 Å². The molecule has 164 valence electrons. The zero-order valence-corrected chi connectivity index (χ0v) is 18.1. The van der Waals surface area contributed by atoms with Gasteiger partial charge in [-0.05, 0) is 35.4 Å². The first-order valence-corrected chi connectivity index (χ1v) is 10.9. The minimum absolute atomic E-state index is 0.102. The molecule has 6 nitrogen and oxygen atoms in total. The lowest BCUT2D eigenvalue weighted by Gasteiger charge is -2.34. The molecule has 1 amide bonds. The van der Waals surface area contributed by atoms with Crippen LogP contribution in [0.3, 0.4) is 0 Å². The number of hydrazone groups is 1. The number of para-hydroxylation sites is 1. The molecule has 1 saturated heterocycles. The summed E-state index contributed by atoms with van der Waals surface area (Å²) < 4.78 is 5.83. The number of amides is 1. The van der Waals surface area contributed by atoms with E-state index >= 15 is 0 Å². The zero-order valence-electron chi connectivity index (χ0n) is 18.1. The van der Waals surface area contributed by atoms with Gasteiger partial charge in [-0.1, -0.05) is 60.7 Å². The molecular formula is C26H28N4O2. The standard InChI is InChI=1S/C26H28N4O2/c31-26(21-30-16-14-29(15-17-30)20-22-8-3-1-4-9-22)28-27-19-23-10-7-13-25(18-23)32-24-11-5-2-6-12-24/h1-13,18-19H,14-17,20-21H2,(H,28,31)/b27-19+. The molecule has 1 aliphatic heterocycles. The van der Waals surface area contributed by atoms with Crippen LogP contribution in [0.15, 0.2) is 90.0 Å². The van der Waals surface area contributed by atoms with Gasteiger partial charge in [-0.25, -0.2) is 5.43 Å². The Balaban J connectivity index is 1.19. The van der Waals surface area contributed by atoms with Gasteiger partial charge in [-0.2, -0.15) is 5.10 Å². The molecule has 0 spiro atoms. The van der Waals surface area contributed by atoms with Gasteiger partial charge in [0.1, 0.15) is 11.5 Å². The second-order valence-corrected chi connectivity index (χ2v) is 7.82. The Hall–Kier alpha value is -3.48. The van der Waals surface area contributed by atoms with Crippen LogP contribution in [0.1, 0.15) is 11.1 Å². The lowest BCUT2D eigenvalue weighted by Crippen LogP contribution is -2.48. The first-order chi connectivity index (χ1) is 15.7. The molecule has 0 bridgehead atoms. The number of piperazine rings is 1. The highest BCUT2D eigenvalue weighted by Crippen LogP contribution is 2.21. The molecule has 0 radical (unpaired) electrons. The molecule has 0 atom stereocenters. The summed E-state index contributed by atoms with van der Waals surface area (Å²) in [4.78, 5) is 16.9. The fraction of sp³-hybridized carbons (Fsp3) is 0.231. The first-order valence-electron chi connectivity index (χ1n) is 10.9. The van der Waals surface area contributed by atoms with Crippen molar-refractivity contribution in [2.75, 3.05) is 32.7 Å². The normalized spacial score (nSPS) is 15.0. The van der Waals surface area contributed by atoms with E-state index in [0.717, 1.165) is 49.8 Å². The van der Waals surface area contributed by atoms with E-state index < -0.39 is 0 Å². The lowest BCUT2D eigenvalue weighted by atomic mass is 10.2. The van der Waals surface area contributed by atoms with Crippen LogP contribution in [0.4, 0.5) is 0 Å². The number of carbonyl (C=O) groups is 1. The molecule has 0 unspecified atom stereocenters. The van der Waals surface area contributed by atoms with E-state index in [2.05, 4.69) is 44.6 Å². The van der Waals surface area contributed by atoms with Crippen LogP contribution in [0, 0.1) is 0 Å². The smallest absolute Gasteiger partial charge is 0.254 e. The second-order valence-electron chi connectivity index (χ2n) is 7.82. The molecule has 1 aliphatic rings. The maximum absolute atomic E-state index is 12.3. The molecule has 3 aromatic carbocycles. The van der Waals surface area contributed by atoms with Crippen LogP contribution in [0.5, 0.6) is 11.5 Å². The summed E-state index contributed by atoms with van der Waals surface area (Å²) in [5, 5.41) is 4.11. The summed E-state index contributed by atoms with van der Waals surface area (Å²) in [6.07, 6.45) is 1.63. The highest BCUT2D eigenvalue weighted by molar-refractivity contribution is 5.83. The maximum Gasteiger partial charge on any atom is 0.254 e. The molecule has 6 heteroatoms. The first kappa shape index (κ1) is 21.7. The quantitative estimate of drug-likeness (QED) is 0.439. The van der Waals surface area contributed by atoms with Crippen LogP contribution >= 0.6 is 0 Å². The fourth-order valence-electron chi connectivity index (χ4n) is 3.65. The van der Waals surface area contributed by atoms with Crippen LogP contribution in [0.2, 0.25) is 0 Å². The van der Waals surface area contributed by atoms with Crippen molar-refractivity contribution >= 4 is 12.1 Å². The van der Waals surface area contributed by atoms with Gasteiger partial charge >= 0.3 is 0 Å². The Kier molecular flexibility index (Phi) is 7.63. The van der Waals surface area contributed by atoms with Gasteiger partial charge in [-0.3, -0.25) is 14.6 Å². The number of ether oxygens (including phenoxy) is 1. The van der Waals surface area contributed by atoms with Crippen molar-refractivity contribution < 1.29 is 9.53 Å². The average Bonchev–Trinajstić information content (AvgIpc) is 2.82. The monoisotopic (exact) mass is 428 g/mol. The van der Waals surface area contributed by atoms with E-state index in [1.807, 2.05) is 60.7 Å². The Morgan fingerprint density at radius 3 is 2.25 bits per heavy atom. The summed E-state index contributed by atoms with van der Waals surface area (Å²) in [5.41, 5.74) is 4.81. The summed E-state index contributed by atoms with van der Waals surface area (Å²) in [5.74, 6) is 1.40. The third kappa shape index (κ3) is 6.77. The van der Waals surface area contributed by atoms with Crippen molar-refractivity contribution in [1.29, 1.82) is 0 Å². The molecule has 1 fully saturated rings. The van der Waals surface area contributed by atoms with Gasteiger partial charge in [0, 0.05) is 32.7 Å². The zero-order chi connectivity index (χ0) is 22.0. The van der Waals surface area contributed by atoms with Gasteiger partial charge in [0.15, 0.2) is 0 Å². The van der Waals surface area contributed by atoms with E-state index in [4.69, 9.17) is 4.74 Å². The van der Waals surface area contributed by atoms with Crippen molar-refractivity contribution in [3.05, 3.63) is 96.1 Å². The second kappa shape index (κ2) is 11.2. The Morgan fingerprint density at radius 1 is 0.844 bits per heavy atom. The van der Waals surface area contributed by atoms with E-state index in [9.17, 15) is 4.79 Å². The number of hydrogen-bond donors (Lipinski definition) is 1. The number of rotatable bonds is 8. The summed E-state index contributed by atoms with van der Waals surface area (Å²) in [6.45, 7) is 4.98. The summed E-state index contributed by atoms with van der Waals surface area (Å²) >= 11 is 0. The number of hydrogen-bond acceptors (Lipinski definition) is 5. The predicted molar refractivity (Wildman–Crippen MR) is 127 cm³/mol.